The summed E-state index contributed by atoms with van der Waals surface area (Å²) in [5, 5.41) is 17.8. The quantitative estimate of drug-likeness (QED) is 0.458. The molecule has 0 saturated carbocycles. The molecule has 1 amide bonds. The van der Waals surface area contributed by atoms with Crippen LogP contribution in [0.5, 0.6) is 0 Å². The van der Waals surface area contributed by atoms with Gasteiger partial charge in [0.2, 0.25) is 0 Å². The minimum atomic E-state index is -0.220. The van der Waals surface area contributed by atoms with E-state index in [1.807, 2.05) is 31.3 Å². The fraction of sp³-hybridized carbons (Fsp3) is 0.458. The number of nitrogens with one attached hydrogen (secondary N) is 4. The number of hydrogen-bond acceptors (Lipinski definition) is 7. The lowest BCUT2D eigenvalue weighted by Gasteiger charge is -2.24. The molecule has 9 heteroatoms. The highest BCUT2D eigenvalue weighted by atomic mass is 16.5. The fourth-order valence-corrected chi connectivity index (χ4v) is 4.45. The summed E-state index contributed by atoms with van der Waals surface area (Å²) in [7, 11) is 0. The molecule has 1 aromatic carbocycles. The molecule has 0 spiro atoms. The molecule has 33 heavy (non-hydrogen) atoms. The van der Waals surface area contributed by atoms with Crippen LogP contribution in [0.3, 0.4) is 0 Å². The first-order valence-corrected chi connectivity index (χ1v) is 11.7. The van der Waals surface area contributed by atoms with Crippen LogP contribution in [0.25, 0.3) is 5.65 Å². The summed E-state index contributed by atoms with van der Waals surface area (Å²) < 4.78 is 7.06. The number of nitrogens with zero attached hydrogens (tertiary/aromatic N) is 3. The van der Waals surface area contributed by atoms with Gasteiger partial charge in [0.25, 0.3) is 5.91 Å². The number of rotatable bonds is 6. The predicted octanol–water partition coefficient (Wildman–Crippen LogP) is 3.04. The Labute approximate surface area is 193 Å². The highest BCUT2D eigenvalue weighted by molar-refractivity contribution is 6.08. The summed E-state index contributed by atoms with van der Waals surface area (Å²) in [5.74, 6) is 0.535. The number of benzene rings is 1. The Morgan fingerprint density at radius 3 is 2.82 bits per heavy atom. The lowest BCUT2D eigenvalue weighted by Crippen LogP contribution is -2.38. The van der Waals surface area contributed by atoms with Gasteiger partial charge < -0.3 is 26.0 Å². The number of carbonyl (C=O) groups is 1. The van der Waals surface area contributed by atoms with Gasteiger partial charge in [0.1, 0.15) is 11.4 Å². The molecule has 2 aliphatic heterocycles. The van der Waals surface area contributed by atoms with Crippen LogP contribution < -0.4 is 21.3 Å². The van der Waals surface area contributed by atoms with Gasteiger partial charge in [-0.2, -0.15) is 5.10 Å². The van der Waals surface area contributed by atoms with E-state index in [9.17, 15) is 4.79 Å². The lowest BCUT2D eigenvalue weighted by molar-refractivity contribution is 0.0904. The average molecular weight is 450 g/mol. The van der Waals surface area contributed by atoms with Crippen LogP contribution in [-0.4, -0.2) is 58.9 Å². The minimum Gasteiger partial charge on any atom is -0.382 e. The third-order valence-corrected chi connectivity index (χ3v) is 6.33. The molecule has 9 nitrogen and oxygen atoms in total. The number of aromatic nitrogens is 3. The van der Waals surface area contributed by atoms with Gasteiger partial charge in [-0.15, -0.1) is 0 Å². The number of fused-ring (bicyclic) bond motifs is 1. The van der Waals surface area contributed by atoms with E-state index in [1.165, 1.54) is 0 Å². The SMILES string of the molecule is Cc1cc(NC2CCOCC2)ccc1NC(=O)c1cnn2ccc(N[C@@H]3CCCNC3)nc12. The smallest absolute Gasteiger partial charge is 0.261 e. The maximum Gasteiger partial charge on any atom is 0.261 e. The predicted molar refractivity (Wildman–Crippen MR) is 129 cm³/mol. The van der Waals surface area contributed by atoms with Gasteiger partial charge in [-0.05, 0) is 69.0 Å². The van der Waals surface area contributed by atoms with E-state index in [0.29, 0.717) is 23.3 Å². The third kappa shape index (κ3) is 5.09. The van der Waals surface area contributed by atoms with Gasteiger partial charge in [0.05, 0.1) is 6.20 Å². The van der Waals surface area contributed by atoms with E-state index in [4.69, 9.17) is 4.74 Å². The largest absolute Gasteiger partial charge is 0.382 e. The molecular weight excluding hydrogens is 418 g/mol. The van der Waals surface area contributed by atoms with Gasteiger partial charge in [0, 0.05) is 49.4 Å². The monoisotopic (exact) mass is 449 g/mol. The summed E-state index contributed by atoms with van der Waals surface area (Å²) in [4.78, 5) is 17.8. The summed E-state index contributed by atoms with van der Waals surface area (Å²) >= 11 is 0. The molecule has 2 aliphatic rings. The van der Waals surface area contributed by atoms with Gasteiger partial charge in [-0.1, -0.05) is 0 Å². The normalized spacial score (nSPS) is 19.4. The van der Waals surface area contributed by atoms with Crippen molar-refractivity contribution >= 4 is 28.7 Å². The Kier molecular flexibility index (Phi) is 6.41. The van der Waals surface area contributed by atoms with E-state index in [1.54, 1.807) is 10.7 Å². The molecular formula is C24H31N7O2. The van der Waals surface area contributed by atoms with Gasteiger partial charge in [0.15, 0.2) is 5.65 Å². The molecule has 4 heterocycles. The number of piperidine rings is 1. The zero-order chi connectivity index (χ0) is 22.6. The summed E-state index contributed by atoms with van der Waals surface area (Å²) in [6.07, 6.45) is 7.66. The number of amides is 1. The zero-order valence-corrected chi connectivity index (χ0v) is 18.9. The molecule has 1 atom stereocenters. The maximum absolute atomic E-state index is 13.1. The topological polar surface area (TPSA) is 105 Å². The van der Waals surface area contributed by atoms with Gasteiger partial charge in [-0.3, -0.25) is 4.79 Å². The van der Waals surface area contributed by atoms with Crippen molar-refractivity contribution in [2.75, 3.05) is 42.3 Å². The Bertz CT molecular complexity index is 1120. The third-order valence-electron chi connectivity index (χ3n) is 6.33. The second-order valence-electron chi connectivity index (χ2n) is 8.84. The van der Waals surface area contributed by atoms with E-state index in [2.05, 4.69) is 37.4 Å². The highest BCUT2D eigenvalue weighted by Crippen LogP contribution is 2.23. The average Bonchev–Trinajstić information content (AvgIpc) is 3.26. The number of hydrogen-bond donors (Lipinski definition) is 4. The van der Waals surface area contributed by atoms with E-state index >= 15 is 0 Å². The Balaban J connectivity index is 1.28. The molecule has 174 valence electrons. The van der Waals surface area contributed by atoms with Crippen LogP contribution in [0, 0.1) is 6.92 Å². The fourth-order valence-electron chi connectivity index (χ4n) is 4.45. The Morgan fingerprint density at radius 2 is 2.03 bits per heavy atom. The lowest BCUT2D eigenvalue weighted by atomic mass is 10.1. The first kappa shape index (κ1) is 21.7. The molecule has 2 aromatic heterocycles. The van der Waals surface area contributed by atoms with Crippen molar-refractivity contribution in [2.24, 2.45) is 0 Å². The second kappa shape index (κ2) is 9.76. The molecule has 0 radical (unpaired) electrons. The number of ether oxygens (including phenoxy) is 1. The standard InChI is InChI=1S/C24H31N7O2/c1-16-13-18(27-17-7-11-33-12-8-17)4-5-21(16)29-24(32)20-15-26-31-10-6-22(30-23(20)31)28-19-3-2-9-25-14-19/h4-6,10,13,15,17,19,25,27H,2-3,7-9,11-12,14H2,1H3,(H,28,30)(H,29,32)/t19-/m1/s1. The summed E-state index contributed by atoms with van der Waals surface area (Å²) in [6.45, 7) is 5.57. The van der Waals surface area contributed by atoms with E-state index in [0.717, 1.165) is 74.7 Å². The van der Waals surface area contributed by atoms with Crippen molar-refractivity contribution in [1.82, 2.24) is 19.9 Å². The zero-order valence-electron chi connectivity index (χ0n) is 18.9. The van der Waals surface area contributed by atoms with E-state index < -0.39 is 0 Å². The molecule has 2 fully saturated rings. The highest BCUT2D eigenvalue weighted by Gasteiger charge is 2.18. The van der Waals surface area contributed by atoms with Crippen LogP contribution in [0.1, 0.15) is 41.6 Å². The number of anilines is 3. The minimum absolute atomic E-state index is 0.220. The van der Waals surface area contributed by atoms with Crippen LogP contribution >= 0.6 is 0 Å². The summed E-state index contributed by atoms with van der Waals surface area (Å²) in [6, 6.07) is 8.68. The number of carbonyl (C=O) groups excluding carboxylic acids is 1. The first-order valence-electron chi connectivity index (χ1n) is 11.7. The van der Waals surface area contributed by atoms with Crippen molar-refractivity contribution in [3.63, 3.8) is 0 Å². The molecule has 2 saturated heterocycles. The summed E-state index contributed by atoms with van der Waals surface area (Å²) in [5.41, 5.74) is 3.82. The van der Waals surface area contributed by atoms with Crippen LogP contribution in [0.4, 0.5) is 17.2 Å². The molecule has 0 unspecified atom stereocenters. The van der Waals surface area contributed by atoms with Crippen molar-refractivity contribution in [3.05, 3.63) is 47.8 Å². The van der Waals surface area contributed by atoms with Crippen LogP contribution in [-0.2, 0) is 4.74 Å². The van der Waals surface area contributed by atoms with Crippen molar-refractivity contribution in [3.8, 4) is 0 Å². The molecule has 0 aliphatic carbocycles. The van der Waals surface area contributed by atoms with E-state index in [-0.39, 0.29) is 5.91 Å². The second-order valence-corrected chi connectivity index (χ2v) is 8.84. The van der Waals surface area contributed by atoms with Crippen molar-refractivity contribution in [2.45, 2.75) is 44.7 Å². The molecule has 5 rings (SSSR count). The van der Waals surface area contributed by atoms with Gasteiger partial charge >= 0.3 is 0 Å². The van der Waals surface area contributed by atoms with Crippen LogP contribution in [0.15, 0.2) is 36.7 Å². The van der Waals surface area contributed by atoms with Crippen molar-refractivity contribution < 1.29 is 9.53 Å². The van der Waals surface area contributed by atoms with Gasteiger partial charge in [-0.25, -0.2) is 9.50 Å². The van der Waals surface area contributed by atoms with Crippen molar-refractivity contribution in [1.29, 1.82) is 0 Å². The molecule has 3 aromatic rings. The maximum atomic E-state index is 13.1. The molecule has 4 N–H and O–H groups in total. The molecule has 0 bridgehead atoms. The number of aryl methyl sites for hydroxylation is 1. The Morgan fingerprint density at radius 1 is 1.15 bits per heavy atom. The Hall–Kier alpha value is -3.17. The first-order chi connectivity index (χ1) is 16.2. The van der Waals surface area contributed by atoms with Crippen LogP contribution in [0.2, 0.25) is 0 Å².